The standard InChI is InChI=1S/C12H21F3N2/c13-12(14,15)10-3-2-7-17(9-10)8-5-11-4-1-6-16-11/h10-11,16H,1-9H2. The molecule has 2 aliphatic heterocycles. The number of hydrogen-bond acceptors (Lipinski definition) is 2. The maximum atomic E-state index is 12.6. The Morgan fingerprint density at radius 3 is 2.65 bits per heavy atom. The van der Waals surface area contributed by atoms with Crippen molar-refractivity contribution >= 4 is 0 Å². The van der Waals surface area contributed by atoms with Gasteiger partial charge < -0.3 is 10.2 Å². The number of nitrogens with one attached hydrogen (secondary N) is 1. The fraction of sp³-hybridized carbons (Fsp3) is 1.00. The smallest absolute Gasteiger partial charge is 0.314 e. The number of nitrogens with zero attached hydrogens (tertiary/aromatic N) is 1. The molecule has 2 aliphatic rings. The molecule has 2 unspecified atom stereocenters. The van der Waals surface area contributed by atoms with Crippen molar-refractivity contribution in [2.24, 2.45) is 5.92 Å². The van der Waals surface area contributed by atoms with Crippen LogP contribution in [0.4, 0.5) is 13.2 Å². The Labute approximate surface area is 101 Å². The SMILES string of the molecule is FC(F)(F)C1CCCN(CCC2CCCN2)C1. The van der Waals surface area contributed by atoms with E-state index in [2.05, 4.69) is 5.32 Å². The largest absolute Gasteiger partial charge is 0.393 e. The van der Waals surface area contributed by atoms with Gasteiger partial charge in [-0.3, -0.25) is 0 Å². The Morgan fingerprint density at radius 1 is 1.18 bits per heavy atom. The number of halogens is 3. The van der Waals surface area contributed by atoms with Gasteiger partial charge in [0.25, 0.3) is 0 Å². The van der Waals surface area contributed by atoms with Gasteiger partial charge in [0.05, 0.1) is 5.92 Å². The summed E-state index contributed by atoms with van der Waals surface area (Å²) < 4.78 is 37.9. The van der Waals surface area contributed by atoms with Gasteiger partial charge in [-0.2, -0.15) is 13.2 Å². The third-order valence-electron chi connectivity index (χ3n) is 3.92. The molecule has 5 heteroatoms. The van der Waals surface area contributed by atoms with Crippen molar-refractivity contribution in [1.82, 2.24) is 10.2 Å². The summed E-state index contributed by atoms with van der Waals surface area (Å²) in [5.74, 6) is -1.10. The average Bonchev–Trinajstić information content (AvgIpc) is 2.78. The Kier molecular flexibility index (Phi) is 4.31. The second kappa shape index (κ2) is 5.57. The first-order valence-corrected chi connectivity index (χ1v) is 6.58. The summed E-state index contributed by atoms with van der Waals surface area (Å²) in [7, 11) is 0. The van der Waals surface area contributed by atoms with E-state index >= 15 is 0 Å². The lowest BCUT2D eigenvalue weighted by Gasteiger charge is -2.34. The van der Waals surface area contributed by atoms with Crippen LogP contribution in [0.3, 0.4) is 0 Å². The summed E-state index contributed by atoms with van der Waals surface area (Å²) in [5, 5.41) is 3.39. The highest BCUT2D eigenvalue weighted by Crippen LogP contribution is 2.33. The van der Waals surface area contributed by atoms with Crippen LogP contribution in [0.15, 0.2) is 0 Å². The van der Waals surface area contributed by atoms with Crippen molar-refractivity contribution in [3.05, 3.63) is 0 Å². The van der Waals surface area contributed by atoms with Crippen LogP contribution in [0.2, 0.25) is 0 Å². The van der Waals surface area contributed by atoms with Gasteiger partial charge in [-0.25, -0.2) is 0 Å². The van der Waals surface area contributed by atoms with Crippen LogP contribution in [-0.4, -0.2) is 43.3 Å². The van der Waals surface area contributed by atoms with Crippen LogP contribution >= 0.6 is 0 Å². The molecular weight excluding hydrogens is 229 g/mol. The maximum Gasteiger partial charge on any atom is 0.393 e. The van der Waals surface area contributed by atoms with Gasteiger partial charge in [0.2, 0.25) is 0 Å². The minimum absolute atomic E-state index is 0.205. The summed E-state index contributed by atoms with van der Waals surface area (Å²) >= 11 is 0. The van der Waals surface area contributed by atoms with E-state index in [9.17, 15) is 13.2 Å². The first-order chi connectivity index (χ1) is 8.05. The molecule has 2 saturated heterocycles. The lowest BCUT2D eigenvalue weighted by molar-refractivity contribution is -0.186. The molecule has 100 valence electrons. The number of piperidine rings is 1. The van der Waals surface area contributed by atoms with E-state index in [0.29, 0.717) is 18.9 Å². The molecule has 0 aromatic heterocycles. The lowest BCUT2D eigenvalue weighted by Crippen LogP contribution is -2.43. The fourth-order valence-electron chi connectivity index (χ4n) is 2.87. The summed E-state index contributed by atoms with van der Waals surface area (Å²) in [6.45, 7) is 2.91. The molecule has 0 aromatic carbocycles. The molecule has 2 fully saturated rings. The van der Waals surface area contributed by atoms with Gasteiger partial charge in [-0.1, -0.05) is 0 Å². The molecule has 0 amide bonds. The normalized spacial score (nSPS) is 31.9. The van der Waals surface area contributed by atoms with Crippen molar-refractivity contribution in [1.29, 1.82) is 0 Å². The molecule has 0 aliphatic carbocycles. The van der Waals surface area contributed by atoms with Crippen molar-refractivity contribution in [3.63, 3.8) is 0 Å². The molecule has 0 aromatic rings. The molecule has 1 N–H and O–H groups in total. The topological polar surface area (TPSA) is 15.3 Å². The highest BCUT2D eigenvalue weighted by atomic mass is 19.4. The predicted molar refractivity (Wildman–Crippen MR) is 60.9 cm³/mol. The Balaban J connectivity index is 1.73. The van der Waals surface area contributed by atoms with Gasteiger partial charge in [0.15, 0.2) is 0 Å². The Bertz CT molecular complexity index is 236. The van der Waals surface area contributed by atoms with E-state index in [1.807, 2.05) is 4.90 Å². The molecule has 0 saturated carbocycles. The molecule has 0 bridgehead atoms. The predicted octanol–water partition coefficient (Wildman–Crippen LogP) is 2.40. The van der Waals surface area contributed by atoms with Crippen molar-refractivity contribution < 1.29 is 13.2 Å². The molecule has 17 heavy (non-hydrogen) atoms. The van der Waals surface area contributed by atoms with Crippen LogP contribution in [0.25, 0.3) is 0 Å². The van der Waals surface area contributed by atoms with Crippen LogP contribution in [0.1, 0.15) is 32.1 Å². The minimum Gasteiger partial charge on any atom is -0.314 e. The van der Waals surface area contributed by atoms with E-state index in [1.165, 1.54) is 12.8 Å². The molecule has 2 atom stereocenters. The minimum atomic E-state index is -4.01. The van der Waals surface area contributed by atoms with Crippen LogP contribution in [0.5, 0.6) is 0 Å². The van der Waals surface area contributed by atoms with Crippen molar-refractivity contribution in [2.45, 2.75) is 44.3 Å². The summed E-state index contributed by atoms with van der Waals surface area (Å²) in [5.41, 5.74) is 0. The van der Waals surface area contributed by atoms with Gasteiger partial charge in [0, 0.05) is 12.6 Å². The maximum absolute atomic E-state index is 12.6. The Morgan fingerprint density at radius 2 is 2.00 bits per heavy atom. The first-order valence-electron chi connectivity index (χ1n) is 6.58. The van der Waals surface area contributed by atoms with E-state index in [-0.39, 0.29) is 6.54 Å². The first kappa shape index (κ1) is 13.1. The van der Waals surface area contributed by atoms with E-state index < -0.39 is 12.1 Å². The van der Waals surface area contributed by atoms with Gasteiger partial charge >= 0.3 is 6.18 Å². The second-order valence-electron chi connectivity index (χ2n) is 5.26. The third-order valence-corrected chi connectivity index (χ3v) is 3.92. The highest BCUT2D eigenvalue weighted by Gasteiger charge is 2.41. The summed E-state index contributed by atoms with van der Waals surface area (Å²) in [4.78, 5) is 1.99. The monoisotopic (exact) mass is 250 g/mol. The molecule has 2 heterocycles. The van der Waals surface area contributed by atoms with E-state index in [0.717, 1.165) is 26.1 Å². The molecule has 2 rings (SSSR count). The van der Waals surface area contributed by atoms with Gasteiger partial charge in [-0.05, 0) is 51.7 Å². The molecule has 0 radical (unpaired) electrons. The van der Waals surface area contributed by atoms with E-state index in [1.54, 1.807) is 0 Å². The van der Waals surface area contributed by atoms with Gasteiger partial charge in [0.1, 0.15) is 0 Å². The second-order valence-corrected chi connectivity index (χ2v) is 5.26. The fourth-order valence-corrected chi connectivity index (χ4v) is 2.87. The van der Waals surface area contributed by atoms with Crippen molar-refractivity contribution in [2.75, 3.05) is 26.2 Å². The summed E-state index contributed by atoms with van der Waals surface area (Å²) in [6.07, 6.45) is 0.352. The number of hydrogen-bond donors (Lipinski definition) is 1. The molecular formula is C12H21F3N2. The van der Waals surface area contributed by atoms with Gasteiger partial charge in [-0.15, -0.1) is 0 Å². The molecule has 2 nitrogen and oxygen atoms in total. The zero-order valence-electron chi connectivity index (χ0n) is 10.1. The number of likely N-dealkylation sites (tertiary alicyclic amines) is 1. The van der Waals surface area contributed by atoms with Crippen molar-refractivity contribution in [3.8, 4) is 0 Å². The van der Waals surface area contributed by atoms with E-state index in [4.69, 9.17) is 0 Å². The van der Waals surface area contributed by atoms with Crippen LogP contribution in [0, 0.1) is 5.92 Å². The van der Waals surface area contributed by atoms with Crippen LogP contribution < -0.4 is 5.32 Å². The highest BCUT2D eigenvalue weighted by molar-refractivity contribution is 4.80. The average molecular weight is 250 g/mol. The quantitative estimate of drug-likeness (QED) is 0.827. The molecule has 0 spiro atoms. The zero-order chi connectivity index (χ0) is 12.3. The summed E-state index contributed by atoms with van der Waals surface area (Å²) in [6, 6.07) is 0.529. The lowest BCUT2D eigenvalue weighted by atomic mass is 9.97. The van der Waals surface area contributed by atoms with Crippen LogP contribution in [-0.2, 0) is 0 Å². The Hall–Kier alpha value is -0.290. The number of rotatable bonds is 3. The zero-order valence-corrected chi connectivity index (χ0v) is 10.1. The third kappa shape index (κ3) is 3.85. The number of alkyl halides is 3.